The number of carbonyl (C=O) groups excluding carboxylic acids is 1. The van der Waals surface area contributed by atoms with E-state index in [2.05, 4.69) is 41.4 Å². The minimum atomic E-state index is -1.01. The van der Waals surface area contributed by atoms with E-state index in [0.717, 1.165) is 17.3 Å². The predicted molar refractivity (Wildman–Crippen MR) is 128 cm³/mol. The van der Waals surface area contributed by atoms with Gasteiger partial charge < -0.3 is 20.6 Å². The number of carboxylic acids is 1. The van der Waals surface area contributed by atoms with Crippen LogP contribution < -0.4 is 10.6 Å². The van der Waals surface area contributed by atoms with Gasteiger partial charge >= 0.3 is 5.97 Å². The van der Waals surface area contributed by atoms with Gasteiger partial charge in [-0.3, -0.25) is 9.59 Å². The molecule has 1 unspecified atom stereocenters. The average Bonchev–Trinajstić information content (AvgIpc) is 3.07. The number of fused-ring (bicyclic) bond motifs is 1. The molecule has 1 saturated carbocycles. The number of amides is 1. The lowest BCUT2D eigenvalue weighted by atomic mass is 9.68. The van der Waals surface area contributed by atoms with Crippen LogP contribution >= 0.6 is 11.6 Å². The molecule has 4 rings (SSSR count). The lowest BCUT2D eigenvalue weighted by molar-refractivity contribution is -0.157. The topological polar surface area (TPSA) is 107 Å². The summed E-state index contributed by atoms with van der Waals surface area (Å²) in [5.74, 6) is -0.376. The van der Waals surface area contributed by atoms with Gasteiger partial charge in [0.2, 0.25) is 5.91 Å². The normalized spacial score (nSPS) is 28.3. The maximum absolute atomic E-state index is 13.4. The molecule has 0 radical (unpaired) electrons. The number of benzene rings is 1. The minimum absolute atomic E-state index is 0.0801. The second kappa shape index (κ2) is 8.72. The van der Waals surface area contributed by atoms with Crippen LogP contribution in [0.15, 0.2) is 24.5 Å². The number of nitrogens with one attached hydrogen (secondary N) is 2. The van der Waals surface area contributed by atoms with E-state index in [0.29, 0.717) is 36.6 Å². The van der Waals surface area contributed by atoms with Gasteiger partial charge in [0, 0.05) is 34.6 Å². The van der Waals surface area contributed by atoms with Crippen LogP contribution in [0.1, 0.15) is 53.4 Å². The van der Waals surface area contributed by atoms with Gasteiger partial charge in [0.25, 0.3) is 0 Å². The molecule has 1 aromatic heterocycles. The van der Waals surface area contributed by atoms with Crippen molar-refractivity contribution in [1.82, 2.24) is 20.2 Å². The van der Waals surface area contributed by atoms with E-state index in [9.17, 15) is 14.7 Å². The Balaban J connectivity index is 1.53. The van der Waals surface area contributed by atoms with Crippen molar-refractivity contribution in [3.63, 3.8) is 0 Å². The number of carbonyl (C=O) groups is 2. The second-order valence-corrected chi connectivity index (χ2v) is 10.9. The predicted octanol–water partition coefficient (Wildman–Crippen LogP) is 3.70. The number of hydrogen-bond donors (Lipinski definition) is 3. The Morgan fingerprint density at radius 3 is 2.70 bits per heavy atom. The first-order valence-electron chi connectivity index (χ1n) is 11.5. The molecule has 2 fully saturated rings. The molecule has 8 nitrogen and oxygen atoms in total. The molecule has 178 valence electrons. The van der Waals surface area contributed by atoms with E-state index in [4.69, 9.17) is 11.6 Å². The number of aromatic nitrogens is 2. The molecule has 33 heavy (non-hydrogen) atoms. The molecular weight excluding hydrogens is 442 g/mol. The van der Waals surface area contributed by atoms with Gasteiger partial charge in [-0.25, -0.2) is 9.97 Å². The summed E-state index contributed by atoms with van der Waals surface area (Å²) in [6, 6.07) is 4.65. The average molecular weight is 474 g/mol. The zero-order valence-corrected chi connectivity index (χ0v) is 20.3. The van der Waals surface area contributed by atoms with Crippen LogP contribution in [-0.4, -0.2) is 62.1 Å². The number of likely N-dealkylation sites (tertiary alicyclic amines) is 1. The molecule has 2 aliphatic rings. The maximum atomic E-state index is 13.4. The minimum Gasteiger partial charge on any atom is -0.481 e. The highest BCUT2D eigenvalue weighted by molar-refractivity contribution is 6.31. The molecule has 0 spiro atoms. The Labute approximate surface area is 199 Å². The molecule has 1 amide bonds. The van der Waals surface area contributed by atoms with Gasteiger partial charge in [0.05, 0.1) is 10.9 Å². The van der Waals surface area contributed by atoms with Crippen LogP contribution in [0, 0.1) is 5.41 Å². The molecule has 0 bridgehead atoms. The molecule has 1 aliphatic carbocycles. The molecule has 1 saturated heterocycles. The highest BCUT2D eigenvalue weighted by atomic mass is 35.5. The summed E-state index contributed by atoms with van der Waals surface area (Å²) >= 11 is 6.15. The lowest BCUT2D eigenvalue weighted by Crippen LogP contribution is -2.59. The van der Waals surface area contributed by atoms with Crippen LogP contribution in [0.2, 0.25) is 5.02 Å². The Morgan fingerprint density at radius 1 is 1.24 bits per heavy atom. The van der Waals surface area contributed by atoms with Crippen molar-refractivity contribution >= 4 is 40.2 Å². The van der Waals surface area contributed by atoms with E-state index in [1.165, 1.54) is 6.33 Å². The summed E-state index contributed by atoms with van der Waals surface area (Å²) in [5.41, 5.74) is -0.373. The summed E-state index contributed by atoms with van der Waals surface area (Å²) in [5, 5.41) is 18.3. The largest absolute Gasteiger partial charge is 0.481 e. The Kier molecular flexibility index (Phi) is 6.26. The SMILES string of the molecule is CC(C)(C)N[C@@H]1CC[C@H](N2CCC(Nc3ncnc4ccc(Cl)cc34)C2=O)[C@](C)(C(=O)O)C1. The Morgan fingerprint density at radius 2 is 2.00 bits per heavy atom. The number of rotatable bonds is 5. The quantitative estimate of drug-likeness (QED) is 0.607. The fourth-order valence-corrected chi connectivity index (χ4v) is 5.52. The fraction of sp³-hybridized carbons (Fsp3) is 0.583. The van der Waals surface area contributed by atoms with Crippen molar-refractivity contribution in [2.45, 2.75) is 77.0 Å². The molecule has 2 aromatic rings. The Bertz CT molecular complexity index is 1070. The van der Waals surface area contributed by atoms with E-state index in [-0.39, 0.29) is 23.5 Å². The van der Waals surface area contributed by atoms with Crippen molar-refractivity contribution in [2.75, 3.05) is 11.9 Å². The molecule has 2 heterocycles. The van der Waals surface area contributed by atoms with Crippen molar-refractivity contribution < 1.29 is 14.7 Å². The fourth-order valence-electron chi connectivity index (χ4n) is 5.35. The summed E-state index contributed by atoms with van der Waals surface area (Å²) < 4.78 is 0. The van der Waals surface area contributed by atoms with E-state index in [1.54, 1.807) is 24.0 Å². The molecule has 4 atom stereocenters. The van der Waals surface area contributed by atoms with Crippen molar-refractivity contribution in [3.8, 4) is 0 Å². The van der Waals surface area contributed by atoms with E-state index in [1.807, 2.05) is 6.07 Å². The van der Waals surface area contributed by atoms with Gasteiger partial charge in [-0.05, 0) is 71.6 Å². The van der Waals surface area contributed by atoms with Crippen LogP contribution in [0.5, 0.6) is 0 Å². The number of carboxylic acid groups (broad SMARTS) is 1. The smallest absolute Gasteiger partial charge is 0.311 e. The molecule has 1 aliphatic heterocycles. The van der Waals surface area contributed by atoms with Crippen molar-refractivity contribution in [2.24, 2.45) is 5.41 Å². The van der Waals surface area contributed by atoms with Crippen LogP contribution in [0.4, 0.5) is 5.82 Å². The van der Waals surface area contributed by atoms with Gasteiger partial charge in [-0.1, -0.05) is 11.6 Å². The summed E-state index contributed by atoms with van der Waals surface area (Å²) in [6.45, 7) is 8.56. The first-order chi connectivity index (χ1) is 15.5. The third kappa shape index (κ3) is 4.77. The van der Waals surface area contributed by atoms with Gasteiger partial charge in [0.15, 0.2) is 0 Å². The summed E-state index contributed by atoms with van der Waals surface area (Å²) in [4.78, 5) is 36.2. The number of anilines is 1. The van der Waals surface area contributed by atoms with E-state index >= 15 is 0 Å². The van der Waals surface area contributed by atoms with Crippen molar-refractivity contribution in [3.05, 3.63) is 29.5 Å². The highest BCUT2D eigenvalue weighted by Crippen LogP contribution is 2.42. The van der Waals surface area contributed by atoms with Crippen LogP contribution in [0.3, 0.4) is 0 Å². The van der Waals surface area contributed by atoms with Gasteiger partial charge in [-0.15, -0.1) is 0 Å². The van der Waals surface area contributed by atoms with E-state index < -0.39 is 17.4 Å². The number of hydrogen-bond acceptors (Lipinski definition) is 6. The molecule has 1 aromatic carbocycles. The van der Waals surface area contributed by atoms with Crippen LogP contribution in [0.25, 0.3) is 10.9 Å². The third-order valence-electron chi connectivity index (χ3n) is 6.84. The third-order valence-corrected chi connectivity index (χ3v) is 7.08. The summed E-state index contributed by atoms with van der Waals surface area (Å²) in [6.07, 6.45) is 4.02. The monoisotopic (exact) mass is 473 g/mol. The Hall–Kier alpha value is -2.45. The van der Waals surface area contributed by atoms with Crippen molar-refractivity contribution in [1.29, 1.82) is 0 Å². The first kappa shape index (κ1) is 23.7. The lowest BCUT2D eigenvalue weighted by Gasteiger charge is -2.47. The summed E-state index contributed by atoms with van der Waals surface area (Å²) in [7, 11) is 0. The zero-order chi connectivity index (χ0) is 24.0. The number of aliphatic carboxylic acids is 1. The van der Waals surface area contributed by atoms with Gasteiger partial charge in [-0.2, -0.15) is 0 Å². The zero-order valence-electron chi connectivity index (χ0n) is 19.6. The maximum Gasteiger partial charge on any atom is 0.311 e. The molecular formula is C24H32ClN5O3. The number of halogens is 1. The standard InChI is InChI=1S/C24H32ClN5O3/c1-23(2,3)29-15-6-8-19(24(4,12-15)22(32)33)30-10-9-18(21(30)31)28-20-16-11-14(25)5-7-17(16)26-13-27-20/h5,7,11,13,15,18-19,29H,6,8-10,12H2,1-4H3,(H,32,33)(H,26,27,28)/t15-,18?,19+,24-/m1/s1. The molecule has 9 heteroatoms. The second-order valence-electron chi connectivity index (χ2n) is 10.5. The van der Waals surface area contributed by atoms with Crippen LogP contribution in [-0.2, 0) is 9.59 Å². The first-order valence-corrected chi connectivity index (χ1v) is 11.8. The highest BCUT2D eigenvalue weighted by Gasteiger charge is 2.52. The molecule has 3 N–H and O–H groups in total. The number of nitrogens with zero attached hydrogens (tertiary/aromatic N) is 3. The van der Waals surface area contributed by atoms with Gasteiger partial charge in [0.1, 0.15) is 18.2 Å².